The first-order valence-corrected chi connectivity index (χ1v) is 7.91. The van der Waals surface area contributed by atoms with Crippen LogP contribution in [0.25, 0.3) is 0 Å². The molecule has 1 aromatic rings. The molecule has 1 amide bonds. The zero-order valence-electron chi connectivity index (χ0n) is 14.6. The fraction of sp³-hybridized carbons (Fsp3) is 0.211. The first kappa shape index (κ1) is 19.2. The molecule has 0 radical (unpaired) electrons. The lowest BCUT2D eigenvalue weighted by atomic mass is 9.99. The smallest absolute Gasteiger partial charge is 0.312 e. The van der Waals surface area contributed by atoms with Gasteiger partial charge >= 0.3 is 5.91 Å². The molecule has 0 unspecified atom stereocenters. The number of nitroso groups, excluding NO2 is 1. The molecule has 0 spiro atoms. The average Bonchev–Trinajstić information content (AvgIpc) is 2.61. The van der Waals surface area contributed by atoms with E-state index in [0.29, 0.717) is 29.7 Å². The van der Waals surface area contributed by atoms with Crippen LogP contribution in [0.4, 0.5) is 14.5 Å². The van der Waals surface area contributed by atoms with Gasteiger partial charge in [-0.15, -0.1) is 4.91 Å². The van der Waals surface area contributed by atoms with Gasteiger partial charge in [0.2, 0.25) is 0 Å². The van der Waals surface area contributed by atoms with Crippen molar-refractivity contribution in [3.63, 3.8) is 0 Å². The maximum Gasteiger partial charge on any atom is 0.312 e. The Labute approximate surface area is 150 Å². The van der Waals surface area contributed by atoms with Crippen LogP contribution in [-0.2, 0) is 4.79 Å². The number of halogens is 2. The second kappa shape index (κ2) is 7.86. The number of hydrogen-bond donors (Lipinski definition) is 1. The molecule has 7 heteroatoms. The number of rotatable bonds is 5. The van der Waals surface area contributed by atoms with Crippen molar-refractivity contribution in [2.24, 2.45) is 10.9 Å². The maximum atomic E-state index is 14.1. The predicted molar refractivity (Wildman–Crippen MR) is 96.7 cm³/mol. The van der Waals surface area contributed by atoms with Gasteiger partial charge in [-0.25, -0.2) is 8.78 Å². The lowest BCUT2D eigenvalue weighted by Gasteiger charge is -2.30. The number of carbonyl (C=O) groups is 1. The molecular weight excluding hydrogens is 340 g/mol. The van der Waals surface area contributed by atoms with Crippen molar-refractivity contribution in [1.82, 2.24) is 0 Å². The van der Waals surface area contributed by atoms with Crippen LogP contribution in [0.5, 0.6) is 0 Å². The number of anilines is 1. The van der Waals surface area contributed by atoms with Crippen molar-refractivity contribution < 1.29 is 13.6 Å². The number of amides is 1. The molecule has 2 N–H and O–H groups in total. The Morgan fingerprint density at radius 2 is 1.85 bits per heavy atom. The third-order valence-corrected chi connectivity index (χ3v) is 4.31. The van der Waals surface area contributed by atoms with Gasteiger partial charge in [-0.1, -0.05) is 24.3 Å². The van der Waals surface area contributed by atoms with Crippen molar-refractivity contribution in [2.45, 2.75) is 26.7 Å². The van der Waals surface area contributed by atoms with E-state index in [1.165, 1.54) is 17.9 Å². The third-order valence-electron chi connectivity index (χ3n) is 4.31. The molecule has 0 aromatic heterocycles. The standard InChI is InChI=1S/C19H19F2N3O2/c1-11(13(3)19(25)23-26)7-9-14-10-8-12(2)24(18(14)22)17-15(20)5-4-6-16(17)21/h4-6,8,10H,2,7,9,22H2,1,3H3/b13-11+. The zero-order chi connectivity index (χ0) is 19.4. The lowest BCUT2D eigenvalue weighted by molar-refractivity contribution is -0.114. The quantitative estimate of drug-likeness (QED) is 0.623. The van der Waals surface area contributed by atoms with E-state index < -0.39 is 17.5 Å². The number of benzene rings is 1. The summed E-state index contributed by atoms with van der Waals surface area (Å²) < 4.78 is 28.3. The highest BCUT2D eigenvalue weighted by Crippen LogP contribution is 2.33. The predicted octanol–water partition coefficient (Wildman–Crippen LogP) is 4.43. The summed E-state index contributed by atoms with van der Waals surface area (Å²) in [5, 5.41) is 2.40. The summed E-state index contributed by atoms with van der Waals surface area (Å²) in [6.45, 7) is 7.03. The van der Waals surface area contributed by atoms with E-state index >= 15 is 0 Å². The van der Waals surface area contributed by atoms with E-state index in [1.807, 2.05) is 0 Å². The van der Waals surface area contributed by atoms with Crippen LogP contribution < -0.4 is 10.6 Å². The first-order chi connectivity index (χ1) is 12.3. The number of allylic oxidation sites excluding steroid dienone is 4. The van der Waals surface area contributed by atoms with E-state index in [-0.39, 0.29) is 17.1 Å². The van der Waals surface area contributed by atoms with Gasteiger partial charge in [0.15, 0.2) is 0 Å². The van der Waals surface area contributed by atoms with Crippen LogP contribution in [-0.4, -0.2) is 5.91 Å². The summed E-state index contributed by atoms with van der Waals surface area (Å²) in [5.41, 5.74) is 7.79. The number of carbonyl (C=O) groups excluding carboxylic acids is 1. The van der Waals surface area contributed by atoms with E-state index in [1.54, 1.807) is 19.1 Å². The Morgan fingerprint density at radius 1 is 1.23 bits per heavy atom. The minimum atomic E-state index is -0.813. The van der Waals surface area contributed by atoms with Crippen molar-refractivity contribution in [3.05, 3.63) is 81.7 Å². The second-order valence-electron chi connectivity index (χ2n) is 5.94. The molecule has 0 bridgehead atoms. The largest absolute Gasteiger partial charge is 0.385 e. The van der Waals surface area contributed by atoms with Crippen LogP contribution in [0.3, 0.4) is 0 Å². The van der Waals surface area contributed by atoms with Gasteiger partial charge in [-0.3, -0.25) is 9.69 Å². The topological polar surface area (TPSA) is 75.8 Å². The molecule has 0 saturated carbocycles. The summed E-state index contributed by atoms with van der Waals surface area (Å²) in [6.07, 6.45) is 4.18. The van der Waals surface area contributed by atoms with Gasteiger partial charge in [0, 0.05) is 16.4 Å². The van der Waals surface area contributed by atoms with Crippen LogP contribution >= 0.6 is 0 Å². The molecule has 0 atom stereocenters. The SMILES string of the molecule is C=C1C=CC(CC/C(C)=C(\C)C(=O)N=O)=C(N)N1c1c(F)cccc1F. The van der Waals surface area contributed by atoms with Crippen LogP contribution in [0.2, 0.25) is 0 Å². The Bertz CT molecular complexity index is 849. The zero-order valence-corrected chi connectivity index (χ0v) is 14.6. The van der Waals surface area contributed by atoms with Gasteiger partial charge in [0.05, 0.1) is 0 Å². The van der Waals surface area contributed by atoms with Crippen molar-refractivity contribution >= 4 is 11.6 Å². The van der Waals surface area contributed by atoms with E-state index in [9.17, 15) is 18.5 Å². The summed E-state index contributed by atoms with van der Waals surface area (Å²) in [7, 11) is 0. The molecule has 1 aliphatic heterocycles. The minimum absolute atomic E-state index is 0.159. The molecule has 1 aromatic carbocycles. The Balaban J connectivity index is 2.34. The van der Waals surface area contributed by atoms with Gasteiger partial charge in [-0.2, -0.15) is 0 Å². The first-order valence-electron chi connectivity index (χ1n) is 7.91. The van der Waals surface area contributed by atoms with E-state index in [4.69, 9.17) is 5.73 Å². The van der Waals surface area contributed by atoms with Crippen LogP contribution in [0, 0.1) is 16.5 Å². The van der Waals surface area contributed by atoms with E-state index in [2.05, 4.69) is 11.8 Å². The molecule has 1 heterocycles. The number of nitrogens with two attached hydrogens (primary N) is 1. The second-order valence-corrected chi connectivity index (χ2v) is 5.94. The normalized spacial score (nSPS) is 15.2. The molecule has 2 rings (SSSR count). The molecule has 0 saturated heterocycles. The number of nitrogens with zero attached hydrogens (tertiary/aromatic N) is 2. The highest BCUT2D eigenvalue weighted by atomic mass is 19.1. The van der Waals surface area contributed by atoms with Gasteiger partial charge in [0.25, 0.3) is 0 Å². The van der Waals surface area contributed by atoms with Crippen molar-refractivity contribution in [3.8, 4) is 0 Å². The molecule has 26 heavy (non-hydrogen) atoms. The number of hydrogen-bond acceptors (Lipinski definition) is 4. The highest BCUT2D eigenvalue weighted by molar-refractivity contribution is 5.94. The fourth-order valence-corrected chi connectivity index (χ4v) is 2.59. The van der Waals surface area contributed by atoms with Crippen molar-refractivity contribution in [1.29, 1.82) is 0 Å². The van der Waals surface area contributed by atoms with Crippen LogP contribution in [0.1, 0.15) is 26.7 Å². The van der Waals surface area contributed by atoms with Gasteiger partial charge in [-0.05, 0) is 50.5 Å². The van der Waals surface area contributed by atoms with E-state index in [0.717, 1.165) is 12.1 Å². The fourth-order valence-electron chi connectivity index (χ4n) is 2.59. The van der Waals surface area contributed by atoms with Crippen molar-refractivity contribution in [2.75, 3.05) is 4.90 Å². The summed E-state index contributed by atoms with van der Waals surface area (Å²) in [6, 6.07) is 3.56. The lowest BCUT2D eigenvalue weighted by Crippen LogP contribution is -2.31. The third kappa shape index (κ3) is 3.77. The minimum Gasteiger partial charge on any atom is -0.385 e. The highest BCUT2D eigenvalue weighted by Gasteiger charge is 2.24. The van der Waals surface area contributed by atoms with Gasteiger partial charge < -0.3 is 5.73 Å². The maximum absolute atomic E-state index is 14.1. The molecule has 136 valence electrons. The average molecular weight is 359 g/mol. The van der Waals surface area contributed by atoms with Crippen LogP contribution in [0.15, 0.2) is 70.3 Å². The Hall–Kier alpha value is -3.09. The number of para-hydroxylation sites is 1. The Morgan fingerprint density at radius 3 is 2.42 bits per heavy atom. The summed E-state index contributed by atoms with van der Waals surface area (Å²) in [4.78, 5) is 22.9. The summed E-state index contributed by atoms with van der Waals surface area (Å²) in [5.74, 6) is -2.16. The summed E-state index contributed by atoms with van der Waals surface area (Å²) >= 11 is 0. The van der Waals surface area contributed by atoms with Gasteiger partial charge in [0.1, 0.15) is 23.1 Å². The Kier molecular flexibility index (Phi) is 5.82. The molecule has 0 aliphatic carbocycles. The molecular formula is C19H19F2N3O2. The monoisotopic (exact) mass is 359 g/mol. The molecule has 1 aliphatic rings. The molecule has 0 fully saturated rings. The molecule has 5 nitrogen and oxygen atoms in total.